The topological polar surface area (TPSA) is 29.4 Å². The molecule has 0 saturated heterocycles. The van der Waals surface area contributed by atoms with E-state index in [1.807, 2.05) is 30.4 Å². The average Bonchev–Trinajstić information content (AvgIpc) is 2.40. The van der Waals surface area contributed by atoms with E-state index >= 15 is 0 Å². The lowest BCUT2D eigenvalue weighted by atomic mass is 9.78. The number of benzene rings is 1. The summed E-state index contributed by atoms with van der Waals surface area (Å²) in [6.07, 6.45) is 9.41. The molecule has 0 spiro atoms. The van der Waals surface area contributed by atoms with E-state index in [0.29, 0.717) is 0 Å². The maximum absolute atomic E-state index is 10.7. The maximum Gasteiger partial charge on any atom is 0.235 e. The Balaban J connectivity index is 2.52. The predicted octanol–water partition coefficient (Wildman–Crippen LogP) is 3.51. The van der Waals surface area contributed by atoms with Crippen LogP contribution < -0.4 is 0 Å². The molecule has 1 atom stereocenters. The van der Waals surface area contributed by atoms with Crippen LogP contribution in [0.3, 0.4) is 0 Å². The van der Waals surface area contributed by atoms with Crippen molar-refractivity contribution < 1.29 is 4.79 Å². The Morgan fingerprint density at radius 3 is 2.76 bits per heavy atom. The largest absolute Gasteiger partial charge is 0.235 e. The number of allylic oxidation sites excluding steroid dienone is 2. The highest BCUT2D eigenvalue weighted by Gasteiger charge is 2.33. The SMILES string of the molecule is CCC1(N=C=O)CC=CC=C1c1ccccc1. The Kier molecular flexibility index (Phi) is 3.36. The zero-order valence-corrected chi connectivity index (χ0v) is 9.89. The minimum Gasteiger partial charge on any atom is -0.211 e. The summed E-state index contributed by atoms with van der Waals surface area (Å²) in [6.45, 7) is 2.05. The molecule has 0 heterocycles. The lowest BCUT2D eigenvalue weighted by Crippen LogP contribution is -2.28. The van der Waals surface area contributed by atoms with Crippen LogP contribution in [0.25, 0.3) is 5.57 Å². The van der Waals surface area contributed by atoms with Gasteiger partial charge in [0.05, 0.1) is 0 Å². The zero-order valence-electron chi connectivity index (χ0n) is 9.89. The van der Waals surface area contributed by atoms with Crippen molar-refractivity contribution in [1.82, 2.24) is 0 Å². The second-order valence-corrected chi connectivity index (χ2v) is 4.17. The van der Waals surface area contributed by atoms with Crippen molar-refractivity contribution in [3.8, 4) is 0 Å². The van der Waals surface area contributed by atoms with Crippen LogP contribution in [0.2, 0.25) is 0 Å². The fourth-order valence-corrected chi connectivity index (χ4v) is 2.28. The van der Waals surface area contributed by atoms with Gasteiger partial charge < -0.3 is 0 Å². The van der Waals surface area contributed by atoms with E-state index in [1.165, 1.54) is 0 Å². The van der Waals surface area contributed by atoms with Gasteiger partial charge in [-0.2, -0.15) is 4.99 Å². The molecule has 0 aliphatic heterocycles. The molecule has 0 saturated carbocycles. The van der Waals surface area contributed by atoms with Gasteiger partial charge in [-0.05, 0) is 24.0 Å². The Hall–Kier alpha value is -1.92. The van der Waals surface area contributed by atoms with Gasteiger partial charge >= 0.3 is 0 Å². The number of isocyanates is 1. The molecule has 2 nitrogen and oxygen atoms in total. The third-order valence-electron chi connectivity index (χ3n) is 3.29. The summed E-state index contributed by atoms with van der Waals surface area (Å²) in [5, 5.41) is 0. The van der Waals surface area contributed by atoms with Crippen molar-refractivity contribution >= 4 is 11.7 Å². The number of nitrogens with zero attached hydrogens (tertiary/aromatic N) is 1. The Morgan fingerprint density at radius 2 is 2.12 bits per heavy atom. The maximum atomic E-state index is 10.7. The highest BCUT2D eigenvalue weighted by Crippen LogP contribution is 2.38. The summed E-state index contributed by atoms with van der Waals surface area (Å²) in [5.74, 6) is 0. The zero-order chi connectivity index (χ0) is 12.1. The molecule has 0 fully saturated rings. The van der Waals surface area contributed by atoms with E-state index in [4.69, 9.17) is 0 Å². The highest BCUT2D eigenvalue weighted by atomic mass is 16.1. The third kappa shape index (κ3) is 2.13. The summed E-state index contributed by atoms with van der Waals surface area (Å²) in [6, 6.07) is 10.1. The van der Waals surface area contributed by atoms with E-state index in [0.717, 1.165) is 24.0 Å². The number of hydrogen-bond acceptors (Lipinski definition) is 2. The molecular formula is C15H15NO. The van der Waals surface area contributed by atoms with Gasteiger partial charge in [0.2, 0.25) is 6.08 Å². The normalized spacial score (nSPS) is 22.8. The quantitative estimate of drug-likeness (QED) is 0.571. The molecule has 1 aromatic rings. The lowest BCUT2D eigenvalue weighted by molar-refractivity contribution is 0.511. The summed E-state index contributed by atoms with van der Waals surface area (Å²) < 4.78 is 0. The molecule has 2 heteroatoms. The molecule has 86 valence electrons. The molecule has 0 bridgehead atoms. The number of rotatable bonds is 3. The number of aliphatic imine (C=N–C) groups is 1. The van der Waals surface area contributed by atoms with Crippen LogP contribution in [0.5, 0.6) is 0 Å². The Morgan fingerprint density at radius 1 is 1.35 bits per heavy atom. The summed E-state index contributed by atoms with van der Waals surface area (Å²) in [7, 11) is 0. The van der Waals surface area contributed by atoms with E-state index < -0.39 is 5.54 Å². The van der Waals surface area contributed by atoms with Gasteiger partial charge in [-0.25, -0.2) is 4.79 Å². The van der Waals surface area contributed by atoms with Gasteiger partial charge in [-0.15, -0.1) is 0 Å². The molecule has 1 aliphatic carbocycles. The monoisotopic (exact) mass is 225 g/mol. The van der Waals surface area contributed by atoms with Gasteiger partial charge in [-0.3, -0.25) is 0 Å². The van der Waals surface area contributed by atoms with Gasteiger partial charge in [0, 0.05) is 0 Å². The fourth-order valence-electron chi connectivity index (χ4n) is 2.28. The Labute approximate surface area is 101 Å². The molecule has 0 N–H and O–H groups in total. The van der Waals surface area contributed by atoms with Crippen LogP contribution >= 0.6 is 0 Å². The van der Waals surface area contributed by atoms with Crippen LogP contribution in [0.4, 0.5) is 0 Å². The molecular weight excluding hydrogens is 210 g/mol. The second kappa shape index (κ2) is 4.94. The van der Waals surface area contributed by atoms with Crippen molar-refractivity contribution in [2.45, 2.75) is 25.3 Å². The van der Waals surface area contributed by atoms with Crippen molar-refractivity contribution in [3.05, 3.63) is 54.1 Å². The molecule has 1 aromatic carbocycles. The van der Waals surface area contributed by atoms with Crippen LogP contribution in [0.15, 0.2) is 53.6 Å². The molecule has 1 aliphatic rings. The fraction of sp³-hybridized carbons (Fsp3) is 0.267. The highest BCUT2D eigenvalue weighted by molar-refractivity contribution is 5.76. The van der Waals surface area contributed by atoms with Crippen molar-refractivity contribution in [2.75, 3.05) is 0 Å². The first kappa shape index (κ1) is 11.6. The molecule has 17 heavy (non-hydrogen) atoms. The first-order valence-electron chi connectivity index (χ1n) is 5.84. The smallest absolute Gasteiger partial charge is 0.211 e. The van der Waals surface area contributed by atoms with Gasteiger partial charge in [0.25, 0.3) is 0 Å². The molecule has 1 unspecified atom stereocenters. The molecule has 0 amide bonds. The summed E-state index contributed by atoms with van der Waals surface area (Å²) in [4.78, 5) is 14.7. The number of hydrogen-bond donors (Lipinski definition) is 0. The van der Waals surface area contributed by atoms with Crippen molar-refractivity contribution in [3.63, 3.8) is 0 Å². The summed E-state index contributed by atoms with van der Waals surface area (Å²) in [5.41, 5.74) is 1.79. The number of carbonyl (C=O) groups excluding carboxylic acids is 1. The van der Waals surface area contributed by atoms with E-state index in [-0.39, 0.29) is 0 Å². The first-order valence-corrected chi connectivity index (χ1v) is 5.84. The molecule has 0 aromatic heterocycles. The van der Waals surface area contributed by atoms with E-state index in [1.54, 1.807) is 6.08 Å². The minimum atomic E-state index is -0.433. The van der Waals surface area contributed by atoms with Gasteiger partial charge in [0.15, 0.2) is 0 Å². The minimum absolute atomic E-state index is 0.433. The van der Waals surface area contributed by atoms with Crippen LogP contribution in [-0.2, 0) is 4.79 Å². The van der Waals surface area contributed by atoms with E-state index in [2.05, 4.69) is 30.1 Å². The van der Waals surface area contributed by atoms with Crippen LogP contribution in [0, 0.1) is 0 Å². The van der Waals surface area contributed by atoms with Crippen molar-refractivity contribution in [1.29, 1.82) is 0 Å². The lowest BCUT2D eigenvalue weighted by Gasteiger charge is -2.31. The molecule has 0 radical (unpaired) electrons. The standard InChI is InChI=1S/C15H15NO/c1-2-15(16-12-17)11-7-6-10-14(15)13-8-4-3-5-9-13/h3-10H,2,11H2,1H3. The van der Waals surface area contributed by atoms with E-state index in [9.17, 15) is 4.79 Å². The average molecular weight is 225 g/mol. The van der Waals surface area contributed by atoms with Crippen LogP contribution in [-0.4, -0.2) is 11.6 Å². The first-order chi connectivity index (χ1) is 8.32. The van der Waals surface area contributed by atoms with Crippen LogP contribution in [0.1, 0.15) is 25.3 Å². The predicted molar refractivity (Wildman–Crippen MR) is 69.3 cm³/mol. The third-order valence-corrected chi connectivity index (χ3v) is 3.29. The van der Waals surface area contributed by atoms with Crippen molar-refractivity contribution in [2.24, 2.45) is 4.99 Å². The van der Waals surface area contributed by atoms with Gasteiger partial charge in [-0.1, -0.05) is 55.5 Å². The Bertz CT molecular complexity index is 495. The molecule has 2 rings (SSSR count). The summed E-state index contributed by atoms with van der Waals surface area (Å²) >= 11 is 0. The second-order valence-electron chi connectivity index (χ2n) is 4.17. The van der Waals surface area contributed by atoms with Gasteiger partial charge in [0.1, 0.15) is 5.54 Å².